The molecule has 1 heterocycles. The van der Waals surface area contributed by atoms with Crippen molar-refractivity contribution in [1.29, 1.82) is 0 Å². The fourth-order valence-corrected chi connectivity index (χ4v) is 2.18. The first-order valence-corrected chi connectivity index (χ1v) is 5.62. The molecule has 3 heteroatoms. The van der Waals surface area contributed by atoms with Gasteiger partial charge in [0.25, 0.3) is 0 Å². The van der Waals surface area contributed by atoms with Crippen LogP contribution in [-0.2, 0) is 5.41 Å². The van der Waals surface area contributed by atoms with E-state index in [0.717, 1.165) is 18.5 Å². The second-order valence-electron chi connectivity index (χ2n) is 5.64. The zero-order chi connectivity index (χ0) is 11.2. The highest BCUT2D eigenvalue weighted by Crippen LogP contribution is 2.34. The highest BCUT2D eigenvalue weighted by atomic mass is 16.3. The van der Waals surface area contributed by atoms with Crippen LogP contribution in [0.2, 0.25) is 0 Å². The molecule has 0 saturated heterocycles. The minimum absolute atomic E-state index is 0.113. The fraction of sp³-hybridized carbons (Fsp3) is 0.750. The highest BCUT2D eigenvalue weighted by Gasteiger charge is 2.30. The van der Waals surface area contributed by atoms with Crippen molar-refractivity contribution in [2.75, 3.05) is 0 Å². The van der Waals surface area contributed by atoms with E-state index in [2.05, 4.69) is 39.0 Å². The molecule has 3 nitrogen and oxygen atoms in total. The topological polar surface area (TPSA) is 38.0 Å². The van der Waals surface area contributed by atoms with Crippen LogP contribution in [0, 0.1) is 6.92 Å². The predicted octanol–water partition coefficient (Wildman–Crippen LogP) is 2.18. The van der Waals surface area contributed by atoms with Gasteiger partial charge in [-0.2, -0.15) is 5.10 Å². The molecule has 15 heavy (non-hydrogen) atoms. The third-order valence-electron chi connectivity index (χ3n) is 3.19. The van der Waals surface area contributed by atoms with Gasteiger partial charge in [-0.05, 0) is 30.7 Å². The minimum atomic E-state index is -0.113. The largest absolute Gasteiger partial charge is 0.393 e. The van der Waals surface area contributed by atoms with Gasteiger partial charge in [-0.15, -0.1) is 0 Å². The molecule has 0 amide bonds. The van der Waals surface area contributed by atoms with Crippen molar-refractivity contribution in [3.05, 3.63) is 17.5 Å². The number of rotatable bonds is 1. The Labute approximate surface area is 91.1 Å². The van der Waals surface area contributed by atoms with Gasteiger partial charge >= 0.3 is 0 Å². The lowest BCUT2D eigenvalue weighted by molar-refractivity contribution is 0.0432. The lowest BCUT2D eigenvalue weighted by Gasteiger charge is -2.31. The Hall–Kier alpha value is -0.830. The van der Waals surface area contributed by atoms with Crippen molar-refractivity contribution in [3.63, 3.8) is 0 Å². The van der Waals surface area contributed by atoms with Gasteiger partial charge in [0, 0.05) is 6.20 Å². The Balaban J connectivity index is 2.22. The minimum Gasteiger partial charge on any atom is -0.393 e. The van der Waals surface area contributed by atoms with Crippen LogP contribution in [-0.4, -0.2) is 21.0 Å². The number of aromatic nitrogens is 2. The summed E-state index contributed by atoms with van der Waals surface area (Å²) in [5.74, 6) is 0. The van der Waals surface area contributed by atoms with Crippen LogP contribution >= 0.6 is 0 Å². The monoisotopic (exact) mass is 208 g/mol. The van der Waals surface area contributed by atoms with E-state index in [4.69, 9.17) is 0 Å². The van der Waals surface area contributed by atoms with E-state index >= 15 is 0 Å². The zero-order valence-electron chi connectivity index (χ0n) is 9.99. The number of aliphatic hydroxyl groups is 1. The molecule has 1 N–H and O–H groups in total. The molecule has 1 aromatic heterocycles. The molecule has 1 fully saturated rings. The van der Waals surface area contributed by atoms with E-state index in [1.54, 1.807) is 0 Å². The molecule has 84 valence electrons. The molecular weight excluding hydrogens is 188 g/mol. The Morgan fingerprint density at radius 1 is 1.40 bits per heavy atom. The van der Waals surface area contributed by atoms with Gasteiger partial charge in [-0.1, -0.05) is 20.8 Å². The van der Waals surface area contributed by atoms with Crippen LogP contribution in [0.3, 0.4) is 0 Å². The van der Waals surface area contributed by atoms with Crippen molar-refractivity contribution in [2.45, 2.75) is 58.1 Å². The van der Waals surface area contributed by atoms with Crippen LogP contribution in [0.4, 0.5) is 0 Å². The summed E-state index contributed by atoms with van der Waals surface area (Å²) in [7, 11) is 0. The lowest BCUT2D eigenvalue weighted by atomic mass is 9.87. The third kappa shape index (κ3) is 1.93. The van der Waals surface area contributed by atoms with Crippen molar-refractivity contribution in [3.8, 4) is 0 Å². The first-order valence-electron chi connectivity index (χ1n) is 5.62. The maximum Gasteiger partial charge on any atom is 0.0631 e. The fourth-order valence-electron chi connectivity index (χ4n) is 2.18. The second-order valence-corrected chi connectivity index (χ2v) is 5.64. The molecule has 0 unspecified atom stereocenters. The Morgan fingerprint density at radius 3 is 2.40 bits per heavy atom. The molecule has 1 aliphatic carbocycles. The maximum atomic E-state index is 9.27. The predicted molar refractivity (Wildman–Crippen MR) is 59.9 cm³/mol. The number of hydrogen-bond acceptors (Lipinski definition) is 2. The smallest absolute Gasteiger partial charge is 0.0631 e. The summed E-state index contributed by atoms with van der Waals surface area (Å²) in [5, 5.41) is 13.8. The van der Waals surface area contributed by atoms with Gasteiger partial charge in [0.2, 0.25) is 0 Å². The number of hydrogen-bond donors (Lipinski definition) is 1. The molecular formula is C12H20N2O. The van der Waals surface area contributed by atoms with Gasteiger partial charge in [-0.3, -0.25) is 4.68 Å². The molecule has 0 radical (unpaired) electrons. The first-order chi connectivity index (χ1) is 6.88. The van der Waals surface area contributed by atoms with Gasteiger partial charge in [-0.25, -0.2) is 0 Å². The highest BCUT2D eigenvalue weighted by molar-refractivity contribution is 5.24. The van der Waals surface area contributed by atoms with E-state index in [1.165, 1.54) is 5.56 Å². The van der Waals surface area contributed by atoms with Crippen molar-refractivity contribution in [2.24, 2.45) is 0 Å². The summed E-state index contributed by atoms with van der Waals surface area (Å²) in [6.45, 7) is 8.68. The molecule has 1 aliphatic rings. The Bertz CT molecular complexity index is 356. The average molecular weight is 208 g/mol. The normalized spacial score (nSPS) is 26.5. The van der Waals surface area contributed by atoms with E-state index in [0.29, 0.717) is 6.04 Å². The van der Waals surface area contributed by atoms with Crippen molar-refractivity contribution < 1.29 is 5.11 Å². The summed E-state index contributed by atoms with van der Waals surface area (Å²) in [4.78, 5) is 0. The Morgan fingerprint density at radius 2 is 2.00 bits per heavy atom. The Kier molecular flexibility index (Phi) is 2.38. The summed E-state index contributed by atoms with van der Waals surface area (Å²) in [5.41, 5.74) is 2.58. The lowest BCUT2D eigenvalue weighted by Crippen LogP contribution is -2.31. The van der Waals surface area contributed by atoms with E-state index < -0.39 is 0 Å². The van der Waals surface area contributed by atoms with E-state index in [9.17, 15) is 5.11 Å². The molecule has 0 atom stereocenters. The first kappa shape index (κ1) is 10.7. The number of nitrogens with zero attached hydrogens (tertiary/aromatic N) is 2. The molecule has 2 rings (SSSR count). The zero-order valence-corrected chi connectivity index (χ0v) is 9.99. The van der Waals surface area contributed by atoms with Crippen LogP contribution in [0.15, 0.2) is 6.20 Å². The van der Waals surface area contributed by atoms with Crippen LogP contribution in [0.5, 0.6) is 0 Å². The summed E-state index contributed by atoms with van der Waals surface area (Å²) in [6.07, 6.45) is 3.74. The van der Waals surface area contributed by atoms with Gasteiger partial charge < -0.3 is 5.11 Å². The summed E-state index contributed by atoms with van der Waals surface area (Å²) < 4.78 is 2.03. The van der Waals surface area contributed by atoms with E-state index in [-0.39, 0.29) is 11.5 Å². The van der Waals surface area contributed by atoms with Gasteiger partial charge in [0.1, 0.15) is 0 Å². The third-order valence-corrected chi connectivity index (χ3v) is 3.19. The quantitative estimate of drug-likeness (QED) is 0.768. The summed E-state index contributed by atoms with van der Waals surface area (Å²) in [6, 6.07) is 0.412. The maximum absolute atomic E-state index is 9.27. The van der Waals surface area contributed by atoms with Crippen molar-refractivity contribution >= 4 is 0 Å². The molecule has 1 aromatic rings. The van der Waals surface area contributed by atoms with Crippen LogP contribution in [0.1, 0.15) is 50.9 Å². The molecule has 1 saturated carbocycles. The molecule has 0 aliphatic heterocycles. The summed E-state index contributed by atoms with van der Waals surface area (Å²) >= 11 is 0. The average Bonchev–Trinajstić information content (AvgIpc) is 2.40. The van der Waals surface area contributed by atoms with Crippen molar-refractivity contribution in [1.82, 2.24) is 9.78 Å². The van der Waals surface area contributed by atoms with Gasteiger partial charge in [0.05, 0.1) is 17.8 Å². The number of aryl methyl sites for hydroxylation is 1. The molecule has 0 bridgehead atoms. The van der Waals surface area contributed by atoms with Crippen LogP contribution < -0.4 is 0 Å². The second kappa shape index (κ2) is 3.34. The van der Waals surface area contributed by atoms with Crippen LogP contribution in [0.25, 0.3) is 0 Å². The van der Waals surface area contributed by atoms with Gasteiger partial charge in [0.15, 0.2) is 0 Å². The number of aliphatic hydroxyl groups excluding tert-OH is 1. The van der Waals surface area contributed by atoms with E-state index in [1.807, 2.05) is 4.68 Å². The standard InChI is InChI=1S/C12H20N2O/c1-8-11(12(2,3)4)7-14(13-8)9-5-10(15)6-9/h7,9-10,15H,5-6H2,1-4H3. The molecule has 0 spiro atoms. The SMILES string of the molecule is Cc1nn(C2CC(O)C2)cc1C(C)(C)C. The molecule has 0 aromatic carbocycles.